The Kier molecular flexibility index (Phi) is 9.56. The summed E-state index contributed by atoms with van der Waals surface area (Å²) in [5.41, 5.74) is 2.70. The van der Waals surface area contributed by atoms with Crippen molar-refractivity contribution in [3.05, 3.63) is 29.8 Å². The predicted molar refractivity (Wildman–Crippen MR) is 120 cm³/mol. The molecule has 0 unspecified atom stereocenters. The van der Waals surface area contributed by atoms with Crippen LogP contribution in [0.3, 0.4) is 0 Å². The Balaban J connectivity index is 0.00000312. The lowest BCUT2D eigenvalue weighted by molar-refractivity contribution is 0.256. The normalized spacial score (nSPS) is 14.7. The predicted octanol–water partition coefficient (Wildman–Crippen LogP) is 2.60. The first-order valence-electron chi connectivity index (χ1n) is 8.90. The third-order valence-corrected chi connectivity index (χ3v) is 4.42. The van der Waals surface area contributed by atoms with Crippen LogP contribution in [0, 0.1) is 6.92 Å². The minimum atomic E-state index is 0. The minimum absolute atomic E-state index is 0. The molecule has 1 aromatic rings. The Bertz CT molecular complexity index is 526. The van der Waals surface area contributed by atoms with E-state index in [-0.39, 0.29) is 24.0 Å². The molecule has 1 fully saturated rings. The molecule has 0 radical (unpaired) electrons. The second-order valence-electron chi connectivity index (χ2n) is 6.99. The number of anilines is 1. The lowest BCUT2D eigenvalue weighted by Gasteiger charge is -2.36. The Labute approximate surface area is 170 Å². The van der Waals surface area contributed by atoms with Crippen LogP contribution in [0.5, 0.6) is 0 Å². The fraction of sp³-hybridized carbons (Fsp3) is 0.632. The average Bonchev–Trinajstić information content (AvgIpc) is 2.54. The summed E-state index contributed by atoms with van der Waals surface area (Å²) in [5, 5.41) is 0. The Morgan fingerprint density at radius 3 is 2.24 bits per heavy atom. The van der Waals surface area contributed by atoms with Crippen LogP contribution in [0.2, 0.25) is 0 Å². The van der Waals surface area contributed by atoms with E-state index in [1.165, 1.54) is 11.3 Å². The molecule has 0 atom stereocenters. The Hall–Kier alpha value is -1.02. The quantitative estimate of drug-likeness (QED) is 0.293. The van der Waals surface area contributed by atoms with Crippen molar-refractivity contribution in [3.8, 4) is 0 Å². The number of benzene rings is 1. The van der Waals surface area contributed by atoms with Crippen molar-refractivity contribution in [2.75, 3.05) is 72.4 Å². The van der Waals surface area contributed by atoms with E-state index in [0.29, 0.717) is 0 Å². The van der Waals surface area contributed by atoms with Crippen molar-refractivity contribution in [2.45, 2.75) is 13.3 Å². The van der Waals surface area contributed by atoms with Gasteiger partial charge in [0.1, 0.15) is 0 Å². The first-order valence-corrected chi connectivity index (χ1v) is 8.90. The van der Waals surface area contributed by atoms with Crippen LogP contribution in [0.1, 0.15) is 12.0 Å². The van der Waals surface area contributed by atoms with Gasteiger partial charge in [-0.15, -0.1) is 24.0 Å². The number of piperazine rings is 1. The van der Waals surface area contributed by atoms with E-state index in [9.17, 15) is 0 Å². The molecule has 0 amide bonds. The van der Waals surface area contributed by atoms with Crippen molar-refractivity contribution in [2.24, 2.45) is 4.99 Å². The molecule has 1 heterocycles. The summed E-state index contributed by atoms with van der Waals surface area (Å²) in [7, 11) is 8.18. The van der Waals surface area contributed by atoms with Gasteiger partial charge < -0.3 is 14.7 Å². The van der Waals surface area contributed by atoms with E-state index in [1.54, 1.807) is 0 Å². The molecule has 2 rings (SSSR count). The first kappa shape index (κ1) is 22.0. The van der Waals surface area contributed by atoms with Crippen LogP contribution in [-0.2, 0) is 0 Å². The summed E-state index contributed by atoms with van der Waals surface area (Å²) in [4.78, 5) is 13.9. The summed E-state index contributed by atoms with van der Waals surface area (Å²) < 4.78 is 0. The lowest BCUT2D eigenvalue weighted by Crippen LogP contribution is -2.46. The van der Waals surface area contributed by atoms with Gasteiger partial charge in [-0.1, -0.05) is 12.1 Å². The van der Waals surface area contributed by atoms with Gasteiger partial charge in [0.05, 0.1) is 0 Å². The average molecular weight is 459 g/mol. The van der Waals surface area contributed by atoms with E-state index in [0.717, 1.165) is 51.6 Å². The van der Waals surface area contributed by atoms with E-state index in [4.69, 9.17) is 4.99 Å². The molecule has 25 heavy (non-hydrogen) atoms. The highest BCUT2D eigenvalue weighted by Crippen LogP contribution is 2.17. The Morgan fingerprint density at radius 1 is 1.04 bits per heavy atom. The number of rotatable bonds is 5. The summed E-state index contributed by atoms with van der Waals surface area (Å²) in [6, 6.07) is 8.83. The standard InChI is InChI=1S/C19H33N5.HI/c1-17-8-6-9-18(16-17)24-14-12-23(13-15-24)11-7-10-20-19(21(2)3)22(4)5;/h6,8-9,16H,7,10-15H2,1-5H3;1H. The third kappa shape index (κ3) is 7.01. The fourth-order valence-electron chi connectivity index (χ4n) is 3.21. The monoisotopic (exact) mass is 459 g/mol. The number of nitrogens with zero attached hydrogens (tertiary/aromatic N) is 5. The highest BCUT2D eigenvalue weighted by atomic mass is 127. The molecule has 1 aliphatic heterocycles. The van der Waals surface area contributed by atoms with Crippen LogP contribution < -0.4 is 4.90 Å². The molecule has 142 valence electrons. The second kappa shape index (κ2) is 10.9. The second-order valence-corrected chi connectivity index (χ2v) is 6.99. The van der Waals surface area contributed by atoms with Gasteiger partial charge in [-0.2, -0.15) is 0 Å². The zero-order valence-electron chi connectivity index (χ0n) is 16.4. The fourth-order valence-corrected chi connectivity index (χ4v) is 3.21. The largest absolute Gasteiger partial charge is 0.369 e. The smallest absolute Gasteiger partial charge is 0.195 e. The maximum Gasteiger partial charge on any atom is 0.195 e. The number of hydrogen-bond acceptors (Lipinski definition) is 3. The number of halogens is 1. The van der Waals surface area contributed by atoms with Crippen molar-refractivity contribution < 1.29 is 0 Å². The van der Waals surface area contributed by atoms with Gasteiger partial charge in [-0.25, -0.2) is 0 Å². The minimum Gasteiger partial charge on any atom is -0.369 e. The molecule has 0 aliphatic carbocycles. The summed E-state index contributed by atoms with van der Waals surface area (Å²) in [5.74, 6) is 1.04. The number of guanidine groups is 1. The van der Waals surface area contributed by atoms with Crippen molar-refractivity contribution in [1.82, 2.24) is 14.7 Å². The highest BCUT2D eigenvalue weighted by molar-refractivity contribution is 14.0. The molecule has 1 aliphatic rings. The molecular formula is C19H34IN5. The number of hydrogen-bond donors (Lipinski definition) is 0. The zero-order chi connectivity index (χ0) is 17.5. The van der Waals surface area contributed by atoms with E-state index < -0.39 is 0 Å². The van der Waals surface area contributed by atoms with Crippen LogP contribution in [0.4, 0.5) is 5.69 Å². The summed E-state index contributed by atoms with van der Waals surface area (Å²) in [6.07, 6.45) is 1.12. The van der Waals surface area contributed by atoms with Gasteiger partial charge in [0.2, 0.25) is 0 Å². The molecule has 0 spiro atoms. The SMILES string of the molecule is Cc1cccc(N2CCN(CCCN=C(N(C)C)N(C)C)CC2)c1.I. The van der Waals surface area contributed by atoms with Crippen LogP contribution in [0.15, 0.2) is 29.3 Å². The number of aliphatic imine (C=N–C) groups is 1. The molecule has 1 saturated heterocycles. The van der Waals surface area contributed by atoms with Crippen molar-refractivity contribution in [3.63, 3.8) is 0 Å². The first-order chi connectivity index (χ1) is 11.5. The highest BCUT2D eigenvalue weighted by Gasteiger charge is 2.16. The maximum atomic E-state index is 4.71. The molecule has 6 heteroatoms. The molecule has 0 saturated carbocycles. The molecule has 1 aromatic carbocycles. The van der Waals surface area contributed by atoms with Gasteiger partial charge in [0.15, 0.2) is 5.96 Å². The summed E-state index contributed by atoms with van der Waals surface area (Å²) in [6.45, 7) is 8.72. The topological polar surface area (TPSA) is 25.3 Å². The van der Waals surface area contributed by atoms with E-state index >= 15 is 0 Å². The zero-order valence-corrected chi connectivity index (χ0v) is 18.7. The van der Waals surface area contributed by atoms with Gasteiger partial charge in [0, 0.05) is 73.1 Å². The van der Waals surface area contributed by atoms with Crippen LogP contribution in [0.25, 0.3) is 0 Å². The van der Waals surface area contributed by atoms with Crippen LogP contribution >= 0.6 is 24.0 Å². The lowest BCUT2D eigenvalue weighted by atomic mass is 10.2. The van der Waals surface area contributed by atoms with E-state index in [2.05, 4.69) is 50.8 Å². The third-order valence-electron chi connectivity index (χ3n) is 4.42. The Morgan fingerprint density at radius 2 is 1.68 bits per heavy atom. The van der Waals surface area contributed by atoms with Crippen molar-refractivity contribution >= 4 is 35.6 Å². The van der Waals surface area contributed by atoms with Gasteiger partial charge in [0.25, 0.3) is 0 Å². The molecule has 5 nitrogen and oxygen atoms in total. The molecule has 0 N–H and O–H groups in total. The molecular weight excluding hydrogens is 425 g/mol. The van der Waals surface area contributed by atoms with E-state index in [1.807, 2.05) is 28.2 Å². The molecule has 0 bridgehead atoms. The van der Waals surface area contributed by atoms with Gasteiger partial charge >= 0.3 is 0 Å². The molecule has 0 aromatic heterocycles. The number of aryl methyl sites for hydroxylation is 1. The van der Waals surface area contributed by atoms with Crippen LogP contribution in [-0.4, -0.2) is 88.1 Å². The van der Waals surface area contributed by atoms with Crippen molar-refractivity contribution in [1.29, 1.82) is 0 Å². The van der Waals surface area contributed by atoms with Gasteiger partial charge in [-0.05, 0) is 31.0 Å². The maximum absolute atomic E-state index is 4.71. The van der Waals surface area contributed by atoms with Gasteiger partial charge in [-0.3, -0.25) is 9.89 Å². The summed E-state index contributed by atoms with van der Waals surface area (Å²) >= 11 is 0.